The van der Waals surface area contributed by atoms with Crippen LogP contribution in [0.1, 0.15) is 8.35 Å². The van der Waals surface area contributed by atoms with Crippen LogP contribution in [0.4, 0.5) is 0 Å². The Balaban J connectivity index is 0. The molecular formula is C5H11NO. The van der Waals surface area contributed by atoms with Crippen LogP contribution in [0.15, 0.2) is 12.7 Å². The van der Waals surface area contributed by atoms with E-state index < -0.39 is 0 Å². The molecule has 0 aliphatic rings. The normalized spacial score (nSPS) is 7.57. The molecule has 0 aromatic heterocycles. The highest BCUT2D eigenvalue weighted by Crippen LogP contribution is 1.59. The monoisotopic (exact) mass is 101 g/mol. The van der Waals surface area contributed by atoms with E-state index in [1.807, 2.05) is 0 Å². The molecule has 0 spiro atoms. The largest absolute Gasteiger partial charge is 0.353 e. The second kappa shape index (κ2) is 3.40. The van der Waals surface area contributed by atoms with Gasteiger partial charge < -0.3 is 5.32 Å². The van der Waals surface area contributed by atoms with E-state index in [1.165, 1.54) is 6.92 Å². The van der Waals surface area contributed by atoms with Crippen molar-refractivity contribution in [2.24, 2.45) is 0 Å². The summed E-state index contributed by atoms with van der Waals surface area (Å²) >= 11 is 0. The molecule has 42 valence electrons. The summed E-state index contributed by atoms with van der Waals surface area (Å²) < 4.78 is 0. The Labute approximate surface area is 44.7 Å². The van der Waals surface area contributed by atoms with E-state index in [0.717, 1.165) is 0 Å². The van der Waals surface area contributed by atoms with Crippen LogP contribution in [0.2, 0.25) is 0 Å². The molecule has 0 aliphatic heterocycles. The van der Waals surface area contributed by atoms with Crippen LogP contribution in [-0.4, -0.2) is 12.5 Å². The van der Waals surface area contributed by atoms with Crippen LogP contribution < -0.4 is 5.32 Å². The van der Waals surface area contributed by atoms with Gasteiger partial charge in [0.05, 0.1) is 0 Å². The van der Waals surface area contributed by atoms with Gasteiger partial charge >= 0.3 is 0 Å². The van der Waals surface area contributed by atoms with E-state index in [9.17, 15) is 4.79 Å². The molecule has 0 aromatic carbocycles. The third-order valence-corrected chi connectivity index (χ3v) is 0.495. The van der Waals surface area contributed by atoms with E-state index in [4.69, 9.17) is 0 Å². The molecule has 2 nitrogen and oxygen atoms in total. The molecule has 1 N–H and O–H groups in total. The second-order valence-corrected chi connectivity index (χ2v) is 1.23. The van der Waals surface area contributed by atoms with E-state index in [2.05, 4.69) is 11.9 Å². The SMILES string of the molecule is C=CCNC(C)=O.[HH]. The van der Waals surface area contributed by atoms with Crippen molar-refractivity contribution in [1.82, 2.24) is 5.32 Å². The van der Waals surface area contributed by atoms with Gasteiger partial charge in [0.2, 0.25) is 5.91 Å². The molecule has 0 heterocycles. The zero-order valence-corrected chi connectivity index (χ0v) is 4.40. The van der Waals surface area contributed by atoms with Crippen molar-refractivity contribution in [3.05, 3.63) is 12.7 Å². The summed E-state index contributed by atoms with van der Waals surface area (Å²) in [7, 11) is 0. The second-order valence-electron chi connectivity index (χ2n) is 1.23. The number of hydrogen-bond donors (Lipinski definition) is 1. The summed E-state index contributed by atoms with van der Waals surface area (Å²) in [4.78, 5) is 10.0. The van der Waals surface area contributed by atoms with Gasteiger partial charge in [-0.1, -0.05) is 6.08 Å². The van der Waals surface area contributed by atoms with Crippen molar-refractivity contribution in [2.45, 2.75) is 6.92 Å². The highest BCUT2D eigenvalue weighted by molar-refractivity contribution is 5.72. The quantitative estimate of drug-likeness (QED) is 0.506. The Hall–Kier alpha value is -0.790. The van der Waals surface area contributed by atoms with Crippen molar-refractivity contribution >= 4 is 5.91 Å². The Morgan fingerprint density at radius 2 is 2.71 bits per heavy atom. The molecule has 0 saturated heterocycles. The minimum absolute atomic E-state index is 0. The van der Waals surface area contributed by atoms with Crippen LogP contribution in [0, 0.1) is 0 Å². The van der Waals surface area contributed by atoms with Crippen LogP contribution in [-0.2, 0) is 4.79 Å². The molecule has 0 radical (unpaired) electrons. The third kappa shape index (κ3) is 5.21. The molecule has 0 atom stereocenters. The van der Waals surface area contributed by atoms with Crippen LogP contribution in [0.5, 0.6) is 0 Å². The Morgan fingerprint density at radius 3 is 2.86 bits per heavy atom. The number of rotatable bonds is 2. The summed E-state index contributed by atoms with van der Waals surface area (Å²) in [6, 6.07) is 0. The molecule has 0 fully saturated rings. The molecule has 0 saturated carbocycles. The maximum absolute atomic E-state index is 10.0. The highest BCUT2D eigenvalue weighted by atomic mass is 16.1. The Kier molecular flexibility index (Phi) is 3.02. The lowest BCUT2D eigenvalue weighted by molar-refractivity contribution is -0.118. The van der Waals surface area contributed by atoms with Crippen LogP contribution >= 0.6 is 0 Å². The standard InChI is InChI=1S/C5H9NO.H2/c1-3-4-6-5(2)7;/h3H,1,4H2,2H3,(H,6,7);1H. The highest BCUT2D eigenvalue weighted by Gasteiger charge is 1.80. The zero-order valence-electron chi connectivity index (χ0n) is 4.40. The molecule has 2 heteroatoms. The fourth-order valence-corrected chi connectivity index (χ4v) is 0.216. The predicted octanol–water partition coefficient (Wildman–Crippen LogP) is 0.554. The molecule has 0 aliphatic carbocycles. The predicted molar refractivity (Wildman–Crippen MR) is 31.0 cm³/mol. The van der Waals surface area contributed by atoms with Gasteiger partial charge in [0.25, 0.3) is 0 Å². The van der Waals surface area contributed by atoms with Gasteiger partial charge in [-0.05, 0) is 0 Å². The maximum Gasteiger partial charge on any atom is 0.217 e. The van der Waals surface area contributed by atoms with Crippen LogP contribution in [0.25, 0.3) is 0 Å². The average Bonchev–Trinajstić information content (AvgIpc) is 1.61. The topological polar surface area (TPSA) is 29.1 Å². The van der Waals surface area contributed by atoms with Crippen molar-refractivity contribution in [1.29, 1.82) is 0 Å². The van der Waals surface area contributed by atoms with Gasteiger partial charge in [-0.15, -0.1) is 6.58 Å². The lowest BCUT2D eigenvalue weighted by Crippen LogP contribution is -2.18. The summed E-state index contributed by atoms with van der Waals surface area (Å²) in [5.41, 5.74) is 0. The van der Waals surface area contributed by atoms with Gasteiger partial charge in [0, 0.05) is 14.9 Å². The Bertz CT molecular complexity index is 82.5. The summed E-state index contributed by atoms with van der Waals surface area (Å²) in [5.74, 6) is -0.0140. The first-order valence-electron chi connectivity index (χ1n) is 2.12. The molecule has 7 heavy (non-hydrogen) atoms. The zero-order chi connectivity index (χ0) is 5.70. The van der Waals surface area contributed by atoms with E-state index in [1.54, 1.807) is 6.08 Å². The Morgan fingerprint density at radius 1 is 2.14 bits per heavy atom. The fraction of sp³-hybridized carbons (Fsp3) is 0.400. The molecule has 0 rings (SSSR count). The van der Waals surface area contributed by atoms with E-state index in [0.29, 0.717) is 6.54 Å². The minimum atomic E-state index is -0.0140. The number of amides is 1. The van der Waals surface area contributed by atoms with Gasteiger partial charge in [-0.2, -0.15) is 0 Å². The number of nitrogens with one attached hydrogen (secondary N) is 1. The van der Waals surface area contributed by atoms with Gasteiger partial charge in [-0.25, -0.2) is 0 Å². The first-order valence-corrected chi connectivity index (χ1v) is 2.12. The smallest absolute Gasteiger partial charge is 0.217 e. The lowest BCUT2D eigenvalue weighted by Gasteiger charge is -1.90. The fourth-order valence-electron chi connectivity index (χ4n) is 0.216. The summed E-state index contributed by atoms with van der Waals surface area (Å²) in [5, 5.41) is 2.54. The van der Waals surface area contributed by atoms with Crippen molar-refractivity contribution in [3.63, 3.8) is 0 Å². The summed E-state index contributed by atoms with van der Waals surface area (Å²) in [6.45, 7) is 5.46. The first kappa shape index (κ1) is 6.21. The molecule has 1 amide bonds. The number of carbonyl (C=O) groups excluding carboxylic acids is 1. The molecular weight excluding hydrogens is 90.1 g/mol. The van der Waals surface area contributed by atoms with Crippen LogP contribution in [0.3, 0.4) is 0 Å². The molecule has 0 aromatic rings. The van der Waals surface area contributed by atoms with Crippen molar-refractivity contribution < 1.29 is 6.22 Å². The van der Waals surface area contributed by atoms with E-state index in [-0.39, 0.29) is 7.33 Å². The summed E-state index contributed by atoms with van der Waals surface area (Å²) in [6.07, 6.45) is 1.64. The molecule has 0 unspecified atom stereocenters. The number of hydrogen-bond acceptors (Lipinski definition) is 1. The molecule has 0 bridgehead atoms. The first-order chi connectivity index (χ1) is 3.27. The maximum atomic E-state index is 10.0. The third-order valence-electron chi connectivity index (χ3n) is 0.495. The van der Waals surface area contributed by atoms with Crippen molar-refractivity contribution in [3.8, 4) is 0 Å². The minimum Gasteiger partial charge on any atom is -0.353 e. The average molecular weight is 101 g/mol. The number of carbonyl (C=O) groups is 1. The lowest BCUT2D eigenvalue weighted by atomic mass is 10.6. The van der Waals surface area contributed by atoms with Gasteiger partial charge in [0.1, 0.15) is 0 Å². The van der Waals surface area contributed by atoms with E-state index >= 15 is 0 Å². The van der Waals surface area contributed by atoms with Crippen molar-refractivity contribution in [2.75, 3.05) is 6.54 Å². The van der Waals surface area contributed by atoms with Gasteiger partial charge in [0.15, 0.2) is 0 Å². The van der Waals surface area contributed by atoms with Gasteiger partial charge in [-0.3, -0.25) is 4.79 Å².